The number of amides is 1. The van der Waals surface area contributed by atoms with Crippen molar-refractivity contribution < 1.29 is 19.1 Å². The number of esters is 1. The van der Waals surface area contributed by atoms with Crippen molar-refractivity contribution in [2.24, 2.45) is 0 Å². The molecule has 0 aliphatic rings. The molecule has 0 aromatic heterocycles. The third-order valence-electron chi connectivity index (χ3n) is 3.86. The van der Waals surface area contributed by atoms with Gasteiger partial charge in [-0.3, -0.25) is 4.79 Å². The summed E-state index contributed by atoms with van der Waals surface area (Å²) in [5.41, 5.74) is 1.48. The van der Waals surface area contributed by atoms with Gasteiger partial charge in [-0.05, 0) is 30.3 Å². The predicted octanol–water partition coefficient (Wildman–Crippen LogP) is 4.71. The lowest BCUT2D eigenvalue weighted by Gasteiger charge is -2.11. The fourth-order valence-electron chi connectivity index (χ4n) is 2.48. The molecule has 0 heterocycles. The number of para-hydroxylation sites is 2. The summed E-state index contributed by atoms with van der Waals surface area (Å²) in [5.74, 6) is -0.370. The molecule has 0 aliphatic carbocycles. The van der Waals surface area contributed by atoms with E-state index < -0.39 is 18.5 Å². The summed E-state index contributed by atoms with van der Waals surface area (Å²) >= 11 is 6.00. The summed E-state index contributed by atoms with van der Waals surface area (Å²) in [4.78, 5) is 24.4. The first-order valence-electron chi connectivity index (χ1n) is 8.61. The number of ether oxygens (including phenoxy) is 2. The summed E-state index contributed by atoms with van der Waals surface area (Å²) in [5, 5.41) is 3.01. The van der Waals surface area contributed by atoms with Crippen molar-refractivity contribution in [2.45, 2.75) is 6.61 Å². The number of hydrogen-bond donors (Lipinski definition) is 1. The standard InChI is InChI=1S/C22H18ClNO4/c23-19-12-6-7-13-20(19)24-21(25)15-28-22(26)18-11-5-4-8-16(18)14-27-17-9-2-1-3-10-17/h1-13H,14-15H2,(H,24,25). The van der Waals surface area contributed by atoms with Crippen molar-refractivity contribution in [2.75, 3.05) is 11.9 Å². The van der Waals surface area contributed by atoms with E-state index in [1.807, 2.05) is 36.4 Å². The SMILES string of the molecule is O=C(COC(=O)c1ccccc1COc1ccccc1)Nc1ccccc1Cl. The number of rotatable bonds is 7. The van der Waals surface area contributed by atoms with Crippen LogP contribution < -0.4 is 10.1 Å². The molecular weight excluding hydrogens is 378 g/mol. The Balaban J connectivity index is 1.58. The number of benzene rings is 3. The number of carbonyl (C=O) groups excluding carboxylic acids is 2. The van der Waals surface area contributed by atoms with Crippen LogP contribution in [0, 0.1) is 0 Å². The van der Waals surface area contributed by atoms with E-state index in [2.05, 4.69) is 5.32 Å². The lowest BCUT2D eigenvalue weighted by atomic mass is 10.1. The maximum atomic E-state index is 12.4. The summed E-state index contributed by atoms with van der Waals surface area (Å²) < 4.78 is 10.8. The maximum Gasteiger partial charge on any atom is 0.339 e. The number of anilines is 1. The Morgan fingerprint density at radius 1 is 0.857 bits per heavy atom. The Bertz CT molecular complexity index is 960. The fraction of sp³-hybridized carbons (Fsp3) is 0.0909. The summed E-state index contributed by atoms with van der Waals surface area (Å²) in [6.45, 7) is -0.209. The molecule has 3 aromatic rings. The van der Waals surface area contributed by atoms with Crippen LogP contribution in [0.4, 0.5) is 5.69 Å². The van der Waals surface area contributed by atoms with Crippen LogP contribution in [-0.4, -0.2) is 18.5 Å². The first kappa shape index (κ1) is 19.5. The molecule has 28 heavy (non-hydrogen) atoms. The highest BCUT2D eigenvalue weighted by Crippen LogP contribution is 2.20. The molecule has 1 N–H and O–H groups in total. The molecule has 0 aliphatic heterocycles. The summed E-state index contributed by atoms with van der Waals surface area (Å²) in [6, 6.07) is 23.1. The van der Waals surface area contributed by atoms with Gasteiger partial charge in [0.15, 0.2) is 6.61 Å². The molecule has 0 spiro atoms. The van der Waals surface area contributed by atoms with Crippen LogP contribution in [0.25, 0.3) is 0 Å². The van der Waals surface area contributed by atoms with E-state index in [1.54, 1.807) is 42.5 Å². The van der Waals surface area contributed by atoms with E-state index in [4.69, 9.17) is 21.1 Å². The van der Waals surface area contributed by atoms with Crippen molar-refractivity contribution in [1.29, 1.82) is 0 Å². The minimum atomic E-state index is -0.596. The molecule has 0 unspecified atom stereocenters. The lowest BCUT2D eigenvalue weighted by Crippen LogP contribution is -2.21. The quantitative estimate of drug-likeness (QED) is 0.588. The zero-order valence-electron chi connectivity index (χ0n) is 14.9. The monoisotopic (exact) mass is 395 g/mol. The van der Waals surface area contributed by atoms with E-state index in [0.717, 1.165) is 0 Å². The summed E-state index contributed by atoms with van der Waals surface area (Å²) in [6.07, 6.45) is 0. The van der Waals surface area contributed by atoms with Crippen molar-refractivity contribution >= 4 is 29.2 Å². The van der Waals surface area contributed by atoms with Crippen molar-refractivity contribution in [3.8, 4) is 5.75 Å². The second kappa shape index (κ2) is 9.58. The van der Waals surface area contributed by atoms with Gasteiger partial charge < -0.3 is 14.8 Å². The largest absolute Gasteiger partial charge is 0.489 e. The Hall–Kier alpha value is -3.31. The van der Waals surface area contributed by atoms with E-state index in [9.17, 15) is 9.59 Å². The molecule has 3 aromatic carbocycles. The van der Waals surface area contributed by atoms with Crippen molar-refractivity contribution in [3.63, 3.8) is 0 Å². The molecular formula is C22H18ClNO4. The van der Waals surface area contributed by atoms with Crippen LogP contribution in [0.5, 0.6) is 5.75 Å². The molecule has 1 amide bonds. The number of halogens is 1. The Labute approximate surface area is 167 Å². The topological polar surface area (TPSA) is 64.6 Å². The molecule has 0 atom stereocenters. The van der Waals surface area contributed by atoms with Crippen LogP contribution in [-0.2, 0) is 16.1 Å². The van der Waals surface area contributed by atoms with E-state index >= 15 is 0 Å². The third-order valence-corrected chi connectivity index (χ3v) is 4.19. The van der Waals surface area contributed by atoms with Gasteiger partial charge in [0.25, 0.3) is 5.91 Å². The molecule has 5 nitrogen and oxygen atoms in total. The highest BCUT2D eigenvalue weighted by Gasteiger charge is 2.15. The molecule has 142 valence electrons. The molecule has 0 saturated heterocycles. The summed E-state index contributed by atoms with van der Waals surface area (Å²) in [7, 11) is 0. The van der Waals surface area contributed by atoms with Gasteiger partial charge in [0.1, 0.15) is 12.4 Å². The number of nitrogens with one attached hydrogen (secondary N) is 1. The minimum Gasteiger partial charge on any atom is -0.489 e. The molecule has 0 bridgehead atoms. The zero-order valence-corrected chi connectivity index (χ0v) is 15.7. The van der Waals surface area contributed by atoms with Crippen LogP contribution >= 0.6 is 11.6 Å². The second-order valence-corrected chi connectivity index (χ2v) is 6.27. The van der Waals surface area contributed by atoms with Crippen LogP contribution in [0.15, 0.2) is 78.9 Å². The second-order valence-electron chi connectivity index (χ2n) is 5.86. The zero-order chi connectivity index (χ0) is 19.8. The average molecular weight is 396 g/mol. The van der Waals surface area contributed by atoms with Crippen LogP contribution in [0.3, 0.4) is 0 Å². The average Bonchev–Trinajstić information content (AvgIpc) is 2.73. The first-order valence-corrected chi connectivity index (χ1v) is 8.98. The lowest BCUT2D eigenvalue weighted by molar-refractivity contribution is -0.119. The van der Waals surface area contributed by atoms with Gasteiger partial charge in [-0.1, -0.05) is 60.1 Å². The van der Waals surface area contributed by atoms with E-state index in [1.165, 1.54) is 0 Å². The van der Waals surface area contributed by atoms with Gasteiger partial charge in [0.2, 0.25) is 0 Å². The predicted molar refractivity (Wildman–Crippen MR) is 108 cm³/mol. The van der Waals surface area contributed by atoms with Crippen molar-refractivity contribution in [3.05, 3.63) is 95.0 Å². The van der Waals surface area contributed by atoms with Gasteiger partial charge in [-0.2, -0.15) is 0 Å². The highest BCUT2D eigenvalue weighted by molar-refractivity contribution is 6.33. The molecule has 3 rings (SSSR count). The van der Waals surface area contributed by atoms with E-state index in [0.29, 0.717) is 27.6 Å². The third kappa shape index (κ3) is 5.34. The highest BCUT2D eigenvalue weighted by atomic mass is 35.5. The Morgan fingerprint density at radius 3 is 2.32 bits per heavy atom. The fourth-order valence-corrected chi connectivity index (χ4v) is 2.66. The normalized spacial score (nSPS) is 10.2. The van der Waals surface area contributed by atoms with Gasteiger partial charge in [-0.15, -0.1) is 0 Å². The van der Waals surface area contributed by atoms with Gasteiger partial charge in [0, 0.05) is 5.56 Å². The minimum absolute atomic E-state index is 0.209. The van der Waals surface area contributed by atoms with Gasteiger partial charge >= 0.3 is 5.97 Å². The smallest absolute Gasteiger partial charge is 0.339 e. The van der Waals surface area contributed by atoms with Crippen LogP contribution in [0.2, 0.25) is 5.02 Å². The van der Waals surface area contributed by atoms with Crippen LogP contribution in [0.1, 0.15) is 15.9 Å². The number of carbonyl (C=O) groups is 2. The van der Waals surface area contributed by atoms with Gasteiger partial charge in [0.05, 0.1) is 16.3 Å². The molecule has 0 radical (unpaired) electrons. The van der Waals surface area contributed by atoms with Crippen molar-refractivity contribution in [1.82, 2.24) is 0 Å². The number of hydrogen-bond acceptors (Lipinski definition) is 4. The Kier molecular flexibility index (Phi) is 6.65. The van der Waals surface area contributed by atoms with Gasteiger partial charge in [-0.25, -0.2) is 4.79 Å². The van der Waals surface area contributed by atoms with E-state index in [-0.39, 0.29) is 6.61 Å². The molecule has 0 fully saturated rings. The maximum absolute atomic E-state index is 12.4. The first-order chi connectivity index (χ1) is 13.6. The Morgan fingerprint density at radius 2 is 1.54 bits per heavy atom. The molecule has 0 saturated carbocycles. The molecule has 6 heteroatoms.